The van der Waals surface area contributed by atoms with Crippen LogP contribution in [0.4, 0.5) is 8.78 Å². The normalized spacial score (nSPS) is 15.7. The highest BCUT2D eigenvalue weighted by molar-refractivity contribution is 5.89. The minimum absolute atomic E-state index is 0.190. The number of carboxylic acid groups (broad SMARTS) is 2. The predicted octanol–water partition coefficient (Wildman–Crippen LogP) is 3.22. The van der Waals surface area contributed by atoms with Gasteiger partial charge in [0.2, 0.25) is 0 Å². The van der Waals surface area contributed by atoms with Crippen molar-refractivity contribution in [1.29, 1.82) is 0 Å². The van der Waals surface area contributed by atoms with Gasteiger partial charge >= 0.3 is 11.9 Å². The number of rotatable bonds is 6. The van der Waals surface area contributed by atoms with Gasteiger partial charge in [-0.3, -0.25) is 0 Å². The van der Waals surface area contributed by atoms with Gasteiger partial charge in [-0.05, 0) is 30.2 Å². The monoisotopic (exact) mass is 405 g/mol. The number of carbonyl (C=O) groups is 2. The summed E-state index contributed by atoms with van der Waals surface area (Å²) in [5.74, 6) is -4.16. The van der Waals surface area contributed by atoms with E-state index < -0.39 is 23.6 Å². The Kier molecular flexibility index (Phi) is 8.45. The maximum atomic E-state index is 14.0. The second kappa shape index (κ2) is 11.0. The molecule has 1 heterocycles. The summed E-state index contributed by atoms with van der Waals surface area (Å²) in [6.45, 7) is 2.21. The van der Waals surface area contributed by atoms with Gasteiger partial charge in [0.25, 0.3) is 0 Å². The van der Waals surface area contributed by atoms with E-state index in [0.717, 1.165) is 31.1 Å². The van der Waals surface area contributed by atoms with Gasteiger partial charge < -0.3 is 20.3 Å². The van der Waals surface area contributed by atoms with Crippen molar-refractivity contribution in [3.05, 3.63) is 71.8 Å². The molecule has 2 aromatic carbocycles. The van der Waals surface area contributed by atoms with Crippen LogP contribution in [0.5, 0.6) is 0 Å². The molecule has 1 atom stereocenters. The Morgan fingerprint density at radius 2 is 1.69 bits per heavy atom. The Labute approximate surface area is 166 Å². The van der Waals surface area contributed by atoms with Crippen LogP contribution in [0.25, 0.3) is 11.1 Å². The summed E-state index contributed by atoms with van der Waals surface area (Å²) in [6.07, 6.45) is 2.29. The van der Waals surface area contributed by atoms with Crippen molar-refractivity contribution in [2.75, 3.05) is 13.1 Å². The predicted molar refractivity (Wildman–Crippen MR) is 102 cm³/mol. The fraction of sp³-hybridized carbons (Fsp3) is 0.238. The molecule has 0 amide bonds. The van der Waals surface area contributed by atoms with E-state index in [4.69, 9.17) is 14.9 Å². The number of carboxylic acids is 2. The molecule has 29 heavy (non-hydrogen) atoms. The van der Waals surface area contributed by atoms with Crippen LogP contribution in [0.15, 0.2) is 54.6 Å². The highest BCUT2D eigenvalue weighted by atomic mass is 19.2. The third-order valence-corrected chi connectivity index (χ3v) is 4.12. The average Bonchev–Trinajstić information content (AvgIpc) is 3.21. The number of hydrogen-bond acceptors (Lipinski definition) is 4. The third kappa shape index (κ3) is 7.10. The SMILES string of the molecule is Fc1cccc(-c2ccccc2CO[C@H]2CCNC2)c1F.O=C(O)/C=C/C(=O)O. The van der Waals surface area contributed by atoms with Crippen LogP contribution in [0, 0.1) is 11.6 Å². The molecule has 0 unspecified atom stereocenters. The molecule has 1 aliphatic heterocycles. The van der Waals surface area contributed by atoms with Gasteiger partial charge in [-0.1, -0.05) is 36.4 Å². The molecule has 1 fully saturated rings. The zero-order valence-corrected chi connectivity index (χ0v) is 15.5. The Bertz CT molecular complexity index is 863. The molecule has 154 valence electrons. The molecule has 1 saturated heterocycles. The average molecular weight is 405 g/mol. The van der Waals surface area contributed by atoms with Crippen molar-refractivity contribution in [3.8, 4) is 11.1 Å². The van der Waals surface area contributed by atoms with Crippen LogP contribution >= 0.6 is 0 Å². The Balaban J connectivity index is 0.000000321. The Hall–Kier alpha value is -3.10. The minimum atomic E-state index is -1.26. The van der Waals surface area contributed by atoms with Crippen LogP contribution in [-0.2, 0) is 20.9 Å². The van der Waals surface area contributed by atoms with Crippen LogP contribution in [-0.4, -0.2) is 41.3 Å². The first kappa shape index (κ1) is 22.2. The maximum absolute atomic E-state index is 14.0. The first-order valence-corrected chi connectivity index (χ1v) is 8.87. The summed E-state index contributed by atoms with van der Waals surface area (Å²) in [5, 5.41) is 18.9. The van der Waals surface area contributed by atoms with Crippen molar-refractivity contribution in [2.45, 2.75) is 19.1 Å². The zero-order valence-electron chi connectivity index (χ0n) is 15.5. The maximum Gasteiger partial charge on any atom is 0.328 e. The molecule has 6 nitrogen and oxygen atoms in total. The zero-order chi connectivity index (χ0) is 21.2. The minimum Gasteiger partial charge on any atom is -0.478 e. The largest absolute Gasteiger partial charge is 0.478 e. The van der Waals surface area contributed by atoms with E-state index in [1.54, 1.807) is 12.1 Å². The van der Waals surface area contributed by atoms with Crippen molar-refractivity contribution in [1.82, 2.24) is 5.32 Å². The summed E-state index contributed by atoms with van der Waals surface area (Å²) >= 11 is 0. The second-order valence-corrected chi connectivity index (χ2v) is 6.19. The van der Waals surface area contributed by atoms with Crippen molar-refractivity contribution >= 4 is 11.9 Å². The molecule has 0 bridgehead atoms. The van der Waals surface area contributed by atoms with E-state index in [1.165, 1.54) is 6.07 Å². The number of hydrogen-bond donors (Lipinski definition) is 3. The molecule has 0 saturated carbocycles. The van der Waals surface area contributed by atoms with E-state index >= 15 is 0 Å². The van der Waals surface area contributed by atoms with E-state index in [1.807, 2.05) is 18.2 Å². The van der Waals surface area contributed by atoms with Gasteiger partial charge in [-0.2, -0.15) is 0 Å². The van der Waals surface area contributed by atoms with E-state index in [2.05, 4.69) is 5.32 Å². The van der Waals surface area contributed by atoms with Gasteiger partial charge in [0.05, 0.1) is 12.7 Å². The lowest BCUT2D eigenvalue weighted by Crippen LogP contribution is -2.16. The lowest BCUT2D eigenvalue weighted by molar-refractivity contribution is -0.134. The highest BCUT2D eigenvalue weighted by Gasteiger charge is 2.17. The summed E-state index contributed by atoms with van der Waals surface area (Å²) in [7, 11) is 0. The third-order valence-electron chi connectivity index (χ3n) is 4.12. The molecule has 1 aliphatic rings. The number of aliphatic carboxylic acids is 2. The first-order valence-electron chi connectivity index (χ1n) is 8.87. The summed E-state index contributed by atoms with van der Waals surface area (Å²) in [6, 6.07) is 11.6. The molecular weight excluding hydrogens is 384 g/mol. The molecular formula is C21H21F2NO5. The van der Waals surface area contributed by atoms with Crippen molar-refractivity contribution in [3.63, 3.8) is 0 Å². The van der Waals surface area contributed by atoms with Crippen LogP contribution < -0.4 is 5.32 Å². The molecule has 0 radical (unpaired) electrons. The number of halogens is 2. The first-order chi connectivity index (χ1) is 13.9. The van der Waals surface area contributed by atoms with Gasteiger partial charge in [-0.15, -0.1) is 0 Å². The van der Waals surface area contributed by atoms with Crippen molar-refractivity contribution in [2.24, 2.45) is 0 Å². The molecule has 0 aliphatic carbocycles. The molecule has 3 N–H and O–H groups in total. The fourth-order valence-corrected chi connectivity index (χ4v) is 2.74. The Morgan fingerprint density at radius 1 is 1.03 bits per heavy atom. The van der Waals surface area contributed by atoms with E-state index in [9.17, 15) is 18.4 Å². The number of ether oxygens (including phenoxy) is 1. The van der Waals surface area contributed by atoms with Gasteiger partial charge in [0.1, 0.15) is 0 Å². The lowest BCUT2D eigenvalue weighted by atomic mass is 9.99. The molecule has 0 aromatic heterocycles. The lowest BCUT2D eigenvalue weighted by Gasteiger charge is -2.14. The summed E-state index contributed by atoms with van der Waals surface area (Å²) < 4.78 is 33.2. The fourth-order valence-electron chi connectivity index (χ4n) is 2.74. The molecule has 0 spiro atoms. The number of nitrogens with one attached hydrogen (secondary N) is 1. The molecule has 2 aromatic rings. The number of benzene rings is 2. The van der Waals surface area contributed by atoms with Gasteiger partial charge in [-0.25, -0.2) is 18.4 Å². The van der Waals surface area contributed by atoms with E-state index in [-0.39, 0.29) is 11.7 Å². The van der Waals surface area contributed by atoms with Crippen molar-refractivity contribution < 1.29 is 33.3 Å². The van der Waals surface area contributed by atoms with Gasteiger partial charge in [0.15, 0.2) is 11.6 Å². The summed E-state index contributed by atoms with van der Waals surface area (Å²) in [5.41, 5.74) is 1.83. The highest BCUT2D eigenvalue weighted by Crippen LogP contribution is 2.28. The van der Waals surface area contributed by atoms with E-state index in [0.29, 0.717) is 24.3 Å². The second-order valence-electron chi connectivity index (χ2n) is 6.19. The standard InChI is InChI=1S/C17H17F2NO.C4H4O4/c18-16-7-3-6-15(17(16)19)14-5-2-1-4-12(14)11-21-13-8-9-20-10-13;5-3(6)1-2-4(7)8/h1-7,13,20H,8-11H2;1-2H,(H,5,6)(H,7,8)/b;2-1+/t13-;/m0./s1. The topological polar surface area (TPSA) is 95.9 Å². The summed E-state index contributed by atoms with van der Waals surface area (Å²) in [4.78, 5) is 19.1. The Morgan fingerprint density at radius 3 is 2.31 bits per heavy atom. The molecule has 8 heteroatoms. The molecule has 3 rings (SSSR count). The smallest absolute Gasteiger partial charge is 0.328 e. The quantitative estimate of drug-likeness (QED) is 0.639. The van der Waals surface area contributed by atoms with Gasteiger partial charge in [0, 0.05) is 24.3 Å². The van der Waals surface area contributed by atoms with Crippen LogP contribution in [0.1, 0.15) is 12.0 Å². The van der Waals surface area contributed by atoms with Crippen LogP contribution in [0.2, 0.25) is 0 Å². The van der Waals surface area contributed by atoms with Crippen LogP contribution in [0.3, 0.4) is 0 Å².